The molecule has 0 radical (unpaired) electrons. The molecule has 1 aliphatic heterocycles. The van der Waals surface area contributed by atoms with E-state index in [-0.39, 0.29) is 5.56 Å². The highest BCUT2D eigenvalue weighted by Crippen LogP contribution is 2.47. The van der Waals surface area contributed by atoms with Crippen molar-refractivity contribution in [2.45, 2.75) is 38.4 Å². The van der Waals surface area contributed by atoms with Crippen LogP contribution < -0.4 is 14.8 Å². The van der Waals surface area contributed by atoms with E-state index in [1.54, 1.807) is 25.1 Å². The second-order valence-electron chi connectivity index (χ2n) is 7.07. The molecule has 146 valence electrons. The predicted octanol–water partition coefficient (Wildman–Crippen LogP) is 3.97. The molecular formula is C21H20FNO5. The molecule has 0 atom stereocenters. The summed E-state index contributed by atoms with van der Waals surface area (Å²) in [4.78, 5) is 24.2. The topological polar surface area (TPSA) is 73.9 Å². The molecule has 0 unspecified atom stereocenters. The highest BCUT2D eigenvalue weighted by Gasteiger charge is 2.44. The molecule has 1 aliphatic carbocycles. The van der Waals surface area contributed by atoms with Crippen molar-refractivity contribution >= 4 is 17.6 Å². The molecule has 1 amide bonds. The maximum atomic E-state index is 13.3. The molecule has 2 aromatic rings. The highest BCUT2D eigenvalue weighted by molar-refractivity contribution is 5.96. The first-order chi connectivity index (χ1) is 13.4. The van der Waals surface area contributed by atoms with Gasteiger partial charge in [0.1, 0.15) is 5.82 Å². The fourth-order valence-corrected chi connectivity index (χ4v) is 3.51. The third kappa shape index (κ3) is 3.65. The third-order valence-corrected chi connectivity index (χ3v) is 4.94. The molecule has 1 heterocycles. The van der Waals surface area contributed by atoms with E-state index in [2.05, 4.69) is 5.32 Å². The van der Waals surface area contributed by atoms with Crippen molar-refractivity contribution in [2.24, 2.45) is 0 Å². The normalized spacial score (nSPS) is 16.2. The van der Waals surface area contributed by atoms with E-state index in [0.29, 0.717) is 22.7 Å². The Bertz CT molecular complexity index is 936. The first kappa shape index (κ1) is 18.3. The number of hydrogen-bond acceptors (Lipinski definition) is 5. The molecular weight excluding hydrogens is 365 g/mol. The van der Waals surface area contributed by atoms with Gasteiger partial charge in [0.15, 0.2) is 18.1 Å². The molecule has 2 aromatic carbocycles. The maximum Gasteiger partial charge on any atom is 0.339 e. The Hall–Kier alpha value is -3.09. The average molecular weight is 385 g/mol. The maximum absolute atomic E-state index is 13.3. The predicted molar refractivity (Wildman–Crippen MR) is 98.9 cm³/mol. The van der Waals surface area contributed by atoms with E-state index in [1.807, 2.05) is 0 Å². The summed E-state index contributed by atoms with van der Waals surface area (Å²) in [7, 11) is 0. The van der Waals surface area contributed by atoms with E-state index in [0.717, 1.165) is 31.7 Å². The number of amides is 1. The number of carbonyl (C=O) groups is 2. The second kappa shape index (κ2) is 7.14. The Morgan fingerprint density at radius 1 is 1.11 bits per heavy atom. The quantitative estimate of drug-likeness (QED) is 0.806. The number of benzene rings is 2. The van der Waals surface area contributed by atoms with Gasteiger partial charge in [-0.2, -0.15) is 0 Å². The van der Waals surface area contributed by atoms with Gasteiger partial charge in [0.2, 0.25) is 0 Å². The van der Waals surface area contributed by atoms with Crippen LogP contribution in [0, 0.1) is 12.7 Å². The molecule has 0 saturated heterocycles. The van der Waals surface area contributed by atoms with Gasteiger partial charge in [0.05, 0.1) is 5.56 Å². The summed E-state index contributed by atoms with van der Waals surface area (Å²) in [6.45, 7) is 1.19. The zero-order valence-corrected chi connectivity index (χ0v) is 15.4. The van der Waals surface area contributed by atoms with Gasteiger partial charge in [0.25, 0.3) is 11.7 Å². The molecule has 1 N–H and O–H groups in total. The van der Waals surface area contributed by atoms with Gasteiger partial charge in [-0.1, -0.05) is 6.07 Å². The van der Waals surface area contributed by atoms with Gasteiger partial charge < -0.3 is 19.5 Å². The minimum atomic E-state index is -0.749. The second-order valence-corrected chi connectivity index (χ2v) is 7.07. The summed E-state index contributed by atoms with van der Waals surface area (Å²) in [5.41, 5.74) is 1.18. The molecule has 2 aliphatic rings. The van der Waals surface area contributed by atoms with E-state index in [1.165, 1.54) is 12.1 Å². The smallest absolute Gasteiger partial charge is 0.339 e. The molecule has 7 heteroatoms. The lowest BCUT2D eigenvalue weighted by Crippen LogP contribution is -2.34. The van der Waals surface area contributed by atoms with Crippen molar-refractivity contribution in [3.63, 3.8) is 0 Å². The van der Waals surface area contributed by atoms with Gasteiger partial charge in [-0.05, 0) is 49.6 Å². The van der Waals surface area contributed by atoms with Crippen LogP contribution in [0.3, 0.4) is 0 Å². The zero-order valence-electron chi connectivity index (χ0n) is 15.4. The number of carbonyl (C=O) groups excluding carboxylic acids is 2. The van der Waals surface area contributed by atoms with Crippen LogP contribution in [0.25, 0.3) is 0 Å². The van der Waals surface area contributed by atoms with E-state index >= 15 is 0 Å². The van der Waals surface area contributed by atoms with Crippen LogP contribution in [0.2, 0.25) is 0 Å². The van der Waals surface area contributed by atoms with Gasteiger partial charge >= 0.3 is 5.97 Å². The Morgan fingerprint density at radius 2 is 1.86 bits per heavy atom. The van der Waals surface area contributed by atoms with Gasteiger partial charge in [-0.15, -0.1) is 0 Å². The number of halogens is 1. The Balaban J connectivity index is 1.35. The van der Waals surface area contributed by atoms with Gasteiger partial charge in [-0.25, -0.2) is 9.18 Å². The molecule has 4 rings (SSSR count). The Morgan fingerprint density at radius 3 is 2.64 bits per heavy atom. The molecule has 1 saturated carbocycles. The molecule has 0 bridgehead atoms. The minimum absolute atomic E-state index is 0.0951. The molecule has 1 fully saturated rings. The standard InChI is InChI=1S/C21H20FNO5/c1-13-4-5-14(22)10-16(13)20(25)26-12-19(24)23-15-6-7-17-18(11-15)28-21(27-17)8-2-3-9-21/h4-7,10-11H,2-3,8-9,12H2,1H3,(H,23,24). The van der Waals surface area contributed by atoms with Crippen LogP contribution in [0.15, 0.2) is 36.4 Å². The number of hydrogen-bond donors (Lipinski definition) is 1. The van der Waals surface area contributed by atoms with E-state index in [4.69, 9.17) is 14.2 Å². The van der Waals surface area contributed by atoms with Crippen LogP contribution in [-0.2, 0) is 9.53 Å². The summed E-state index contributed by atoms with van der Waals surface area (Å²) in [6.07, 6.45) is 3.82. The fraction of sp³-hybridized carbons (Fsp3) is 0.333. The number of nitrogens with one attached hydrogen (secondary N) is 1. The number of aryl methyl sites for hydroxylation is 1. The van der Waals surface area contributed by atoms with Crippen molar-refractivity contribution in [1.29, 1.82) is 0 Å². The SMILES string of the molecule is Cc1ccc(F)cc1C(=O)OCC(=O)Nc1ccc2c(c1)OC1(CCCC1)O2. The summed E-state index contributed by atoms with van der Waals surface area (Å²) in [5.74, 6) is -1.11. The number of anilines is 1. The summed E-state index contributed by atoms with van der Waals surface area (Å²) in [5, 5.41) is 2.66. The van der Waals surface area contributed by atoms with Crippen molar-refractivity contribution in [2.75, 3.05) is 11.9 Å². The molecule has 6 nitrogen and oxygen atoms in total. The lowest BCUT2D eigenvalue weighted by atomic mass is 10.1. The van der Waals surface area contributed by atoms with Crippen LogP contribution in [0.1, 0.15) is 41.6 Å². The monoisotopic (exact) mass is 385 g/mol. The largest absolute Gasteiger partial charge is 0.452 e. The van der Waals surface area contributed by atoms with Gasteiger partial charge in [0, 0.05) is 24.6 Å². The van der Waals surface area contributed by atoms with E-state index in [9.17, 15) is 14.0 Å². The highest BCUT2D eigenvalue weighted by atomic mass is 19.1. The molecule has 28 heavy (non-hydrogen) atoms. The average Bonchev–Trinajstić information content (AvgIpc) is 3.27. The first-order valence-electron chi connectivity index (χ1n) is 9.19. The van der Waals surface area contributed by atoms with E-state index < -0.39 is 30.1 Å². The van der Waals surface area contributed by atoms with Crippen molar-refractivity contribution in [3.8, 4) is 11.5 Å². The third-order valence-electron chi connectivity index (χ3n) is 4.94. The Labute approximate surface area is 161 Å². The lowest BCUT2D eigenvalue weighted by molar-refractivity contribution is -0.119. The van der Waals surface area contributed by atoms with Crippen LogP contribution >= 0.6 is 0 Å². The fourth-order valence-electron chi connectivity index (χ4n) is 3.51. The molecule has 0 aromatic heterocycles. The number of esters is 1. The van der Waals surface area contributed by atoms with Crippen molar-refractivity contribution in [1.82, 2.24) is 0 Å². The van der Waals surface area contributed by atoms with Gasteiger partial charge in [-0.3, -0.25) is 4.79 Å². The molecule has 1 spiro atoms. The summed E-state index contributed by atoms with van der Waals surface area (Å²) >= 11 is 0. The van der Waals surface area contributed by atoms with Crippen LogP contribution in [0.5, 0.6) is 11.5 Å². The van der Waals surface area contributed by atoms with Crippen LogP contribution in [0.4, 0.5) is 10.1 Å². The van der Waals surface area contributed by atoms with Crippen molar-refractivity contribution < 1.29 is 28.2 Å². The first-order valence-corrected chi connectivity index (χ1v) is 9.19. The Kier molecular flexibility index (Phi) is 4.66. The van der Waals surface area contributed by atoms with Crippen molar-refractivity contribution in [3.05, 3.63) is 53.3 Å². The number of rotatable bonds is 4. The summed E-state index contributed by atoms with van der Waals surface area (Å²) in [6, 6.07) is 8.97. The number of fused-ring (bicyclic) bond motifs is 1. The van der Waals surface area contributed by atoms with Crippen LogP contribution in [-0.4, -0.2) is 24.3 Å². The summed E-state index contributed by atoms with van der Waals surface area (Å²) < 4.78 is 30.2. The minimum Gasteiger partial charge on any atom is -0.452 e. The number of ether oxygens (including phenoxy) is 3. The zero-order chi connectivity index (χ0) is 19.7. The lowest BCUT2D eigenvalue weighted by Gasteiger charge is -2.21.